The molecular weight excluding hydrogens is 329 g/mol. The summed E-state index contributed by atoms with van der Waals surface area (Å²) in [6.45, 7) is -0.638. The fourth-order valence-electron chi connectivity index (χ4n) is 0.983. The number of aliphatic hydroxyl groups excluding tert-OH is 1. The van der Waals surface area contributed by atoms with Crippen molar-refractivity contribution in [2.24, 2.45) is 0 Å². The van der Waals surface area contributed by atoms with Crippen molar-refractivity contribution in [1.29, 1.82) is 0 Å². The van der Waals surface area contributed by atoms with Crippen LogP contribution in [0.25, 0.3) is 0 Å². The van der Waals surface area contributed by atoms with E-state index in [9.17, 15) is 13.2 Å². The third-order valence-electron chi connectivity index (χ3n) is 1.62. The van der Waals surface area contributed by atoms with Crippen LogP contribution in [0.1, 0.15) is 11.1 Å². The molecule has 1 N–H and O–H groups in total. The lowest BCUT2D eigenvalue weighted by atomic mass is 10.1. The Balaban J connectivity index is 3.35. The Kier molecular flexibility index (Phi) is 3.60. The van der Waals surface area contributed by atoms with E-state index >= 15 is 0 Å². The highest BCUT2D eigenvalue weighted by molar-refractivity contribution is 9.13. The van der Waals surface area contributed by atoms with E-state index in [0.717, 1.165) is 6.07 Å². The SMILES string of the molecule is OCc1cc(Br)c(Br)cc1C(F)(F)F. The minimum Gasteiger partial charge on any atom is -0.392 e. The molecule has 1 rings (SSSR count). The topological polar surface area (TPSA) is 20.2 Å². The number of alkyl halides is 3. The van der Waals surface area contributed by atoms with Crippen molar-refractivity contribution in [1.82, 2.24) is 0 Å². The Morgan fingerprint density at radius 2 is 1.64 bits per heavy atom. The lowest BCUT2D eigenvalue weighted by molar-refractivity contribution is -0.138. The van der Waals surface area contributed by atoms with E-state index in [-0.39, 0.29) is 5.56 Å². The molecule has 0 radical (unpaired) electrons. The Labute approximate surface area is 95.2 Å². The molecule has 0 atom stereocenters. The van der Waals surface area contributed by atoms with Gasteiger partial charge in [-0.3, -0.25) is 0 Å². The zero-order chi connectivity index (χ0) is 10.9. The van der Waals surface area contributed by atoms with E-state index < -0.39 is 18.3 Å². The summed E-state index contributed by atoms with van der Waals surface area (Å²) >= 11 is 6.04. The molecule has 0 amide bonds. The van der Waals surface area contributed by atoms with Crippen molar-refractivity contribution in [3.8, 4) is 0 Å². The number of hydrogen-bond acceptors (Lipinski definition) is 1. The van der Waals surface area contributed by atoms with Crippen LogP contribution in [0.15, 0.2) is 21.1 Å². The van der Waals surface area contributed by atoms with Crippen LogP contribution in [0.4, 0.5) is 13.2 Å². The molecule has 1 nitrogen and oxygen atoms in total. The summed E-state index contributed by atoms with van der Waals surface area (Å²) in [5, 5.41) is 8.76. The van der Waals surface area contributed by atoms with E-state index in [4.69, 9.17) is 5.11 Å². The molecule has 0 aliphatic carbocycles. The van der Waals surface area contributed by atoms with Crippen molar-refractivity contribution >= 4 is 31.9 Å². The third kappa shape index (κ3) is 2.49. The summed E-state index contributed by atoms with van der Waals surface area (Å²) in [7, 11) is 0. The molecule has 14 heavy (non-hydrogen) atoms. The van der Waals surface area contributed by atoms with Crippen LogP contribution in [-0.2, 0) is 12.8 Å². The highest BCUT2D eigenvalue weighted by Crippen LogP contribution is 2.36. The van der Waals surface area contributed by atoms with Gasteiger partial charge in [-0.2, -0.15) is 13.2 Å². The molecule has 0 saturated heterocycles. The summed E-state index contributed by atoms with van der Waals surface area (Å²) < 4.78 is 38.0. The first-order chi connectivity index (χ1) is 6.36. The van der Waals surface area contributed by atoms with Crippen LogP contribution < -0.4 is 0 Å². The minimum absolute atomic E-state index is 0.146. The van der Waals surface area contributed by atoms with Gasteiger partial charge in [0.25, 0.3) is 0 Å². The Morgan fingerprint density at radius 3 is 2.07 bits per heavy atom. The standard InChI is InChI=1S/C8H5Br2F3O/c9-6-1-4(3-14)5(2-7(6)10)8(11,12)13/h1-2,14H,3H2. The predicted octanol–water partition coefficient (Wildman–Crippen LogP) is 3.72. The summed E-state index contributed by atoms with van der Waals surface area (Å²) in [6.07, 6.45) is -4.44. The molecule has 6 heteroatoms. The summed E-state index contributed by atoms with van der Waals surface area (Å²) in [5.41, 5.74) is -0.970. The molecule has 0 heterocycles. The number of aliphatic hydroxyl groups is 1. The zero-order valence-electron chi connectivity index (χ0n) is 6.70. The average Bonchev–Trinajstić information content (AvgIpc) is 2.07. The van der Waals surface area contributed by atoms with Gasteiger partial charge in [0.2, 0.25) is 0 Å². The maximum Gasteiger partial charge on any atom is 0.416 e. The van der Waals surface area contributed by atoms with Crippen LogP contribution in [-0.4, -0.2) is 5.11 Å². The Morgan fingerprint density at radius 1 is 1.14 bits per heavy atom. The Bertz CT molecular complexity index is 349. The summed E-state index contributed by atoms with van der Waals surface area (Å²) in [4.78, 5) is 0. The van der Waals surface area contributed by atoms with Gasteiger partial charge in [0.1, 0.15) is 0 Å². The fraction of sp³-hybridized carbons (Fsp3) is 0.250. The Hall–Kier alpha value is -0.0700. The highest BCUT2D eigenvalue weighted by Gasteiger charge is 2.33. The second kappa shape index (κ2) is 4.20. The van der Waals surface area contributed by atoms with Gasteiger partial charge >= 0.3 is 6.18 Å². The molecule has 0 aliphatic heterocycles. The number of hydrogen-bond donors (Lipinski definition) is 1. The van der Waals surface area contributed by atoms with Gasteiger partial charge < -0.3 is 5.11 Å². The van der Waals surface area contributed by atoms with Crippen molar-refractivity contribution in [3.63, 3.8) is 0 Å². The first kappa shape index (κ1) is 12.0. The second-order valence-corrected chi connectivity index (χ2v) is 4.29. The largest absolute Gasteiger partial charge is 0.416 e. The van der Waals surface area contributed by atoms with Gasteiger partial charge in [-0.1, -0.05) is 0 Å². The van der Waals surface area contributed by atoms with Crippen molar-refractivity contribution in [2.45, 2.75) is 12.8 Å². The highest BCUT2D eigenvalue weighted by atomic mass is 79.9. The van der Waals surface area contributed by atoms with Crippen molar-refractivity contribution in [3.05, 3.63) is 32.2 Å². The fourth-order valence-corrected chi connectivity index (χ4v) is 1.72. The predicted molar refractivity (Wildman–Crippen MR) is 52.8 cm³/mol. The first-order valence-electron chi connectivity index (χ1n) is 3.52. The van der Waals surface area contributed by atoms with E-state index in [0.29, 0.717) is 8.95 Å². The van der Waals surface area contributed by atoms with Gasteiger partial charge in [0.05, 0.1) is 12.2 Å². The molecule has 0 aliphatic rings. The number of benzene rings is 1. The van der Waals surface area contributed by atoms with E-state index in [2.05, 4.69) is 31.9 Å². The van der Waals surface area contributed by atoms with Crippen LogP contribution in [0.3, 0.4) is 0 Å². The molecule has 0 bridgehead atoms. The number of rotatable bonds is 1. The lowest BCUT2D eigenvalue weighted by Gasteiger charge is -2.12. The summed E-state index contributed by atoms with van der Waals surface area (Å²) in [5.74, 6) is 0. The first-order valence-corrected chi connectivity index (χ1v) is 5.11. The average molecular weight is 334 g/mol. The van der Waals surface area contributed by atoms with E-state index in [1.807, 2.05) is 0 Å². The molecule has 78 valence electrons. The molecule has 0 fully saturated rings. The van der Waals surface area contributed by atoms with Crippen LogP contribution in [0.2, 0.25) is 0 Å². The lowest BCUT2D eigenvalue weighted by Crippen LogP contribution is -2.09. The molecule has 1 aromatic rings. The minimum atomic E-state index is -4.44. The summed E-state index contributed by atoms with van der Waals surface area (Å²) in [6, 6.07) is 2.18. The van der Waals surface area contributed by atoms with Crippen molar-refractivity contribution < 1.29 is 18.3 Å². The van der Waals surface area contributed by atoms with Crippen molar-refractivity contribution in [2.75, 3.05) is 0 Å². The molecule has 0 saturated carbocycles. The molecule has 1 aromatic carbocycles. The number of halogens is 5. The molecular formula is C8H5Br2F3O. The zero-order valence-corrected chi connectivity index (χ0v) is 9.87. The van der Waals surface area contributed by atoms with Gasteiger partial charge in [-0.25, -0.2) is 0 Å². The molecule has 0 spiro atoms. The van der Waals surface area contributed by atoms with Gasteiger partial charge in [-0.15, -0.1) is 0 Å². The second-order valence-electron chi connectivity index (χ2n) is 2.58. The van der Waals surface area contributed by atoms with Crippen LogP contribution in [0, 0.1) is 0 Å². The van der Waals surface area contributed by atoms with Gasteiger partial charge in [0, 0.05) is 8.95 Å². The van der Waals surface area contributed by atoms with Crippen LogP contribution in [0.5, 0.6) is 0 Å². The maximum atomic E-state index is 12.4. The van der Waals surface area contributed by atoms with Crippen LogP contribution >= 0.6 is 31.9 Å². The third-order valence-corrected chi connectivity index (χ3v) is 3.47. The molecule has 0 aromatic heterocycles. The maximum absolute atomic E-state index is 12.4. The monoisotopic (exact) mass is 332 g/mol. The van der Waals surface area contributed by atoms with E-state index in [1.54, 1.807) is 0 Å². The quantitative estimate of drug-likeness (QED) is 0.830. The normalized spacial score (nSPS) is 11.9. The smallest absolute Gasteiger partial charge is 0.392 e. The van der Waals surface area contributed by atoms with E-state index in [1.165, 1.54) is 6.07 Å². The van der Waals surface area contributed by atoms with Gasteiger partial charge in [0.15, 0.2) is 0 Å². The van der Waals surface area contributed by atoms with Gasteiger partial charge in [-0.05, 0) is 49.6 Å². The molecule has 0 unspecified atom stereocenters.